The molecule has 1 amide bonds. The third-order valence-corrected chi connectivity index (χ3v) is 4.46. The third-order valence-electron chi connectivity index (χ3n) is 3.96. The van der Waals surface area contributed by atoms with E-state index in [1.165, 1.54) is 11.5 Å². The first kappa shape index (κ1) is 11.8. The summed E-state index contributed by atoms with van der Waals surface area (Å²) >= 11 is 1.19. The first-order chi connectivity index (χ1) is 8.77. The largest absolute Gasteiger partial charge is 0.334 e. The van der Waals surface area contributed by atoms with Gasteiger partial charge in [-0.1, -0.05) is 4.49 Å². The molecular weight excluding hydrogens is 250 g/mol. The van der Waals surface area contributed by atoms with Crippen molar-refractivity contribution in [3.05, 3.63) is 11.1 Å². The molecule has 2 heterocycles. The van der Waals surface area contributed by atoms with E-state index < -0.39 is 0 Å². The van der Waals surface area contributed by atoms with Gasteiger partial charge < -0.3 is 4.90 Å². The number of hydrogen-bond donors (Lipinski definition) is 0. The number of rotatable bonds is 2. The topological polar surface area (TPSA) is 63.2 Å². The zero-order chi connectivity index (χ0) is 12.5. The van der Waals surface area contributed by atoms with E-state index in [1.807, 2.05) is 4.90 Å². The lowest BCUT2D eigenvalue weighted by Crippen LogP contribution is -2.41. The SMILES string of the molecule is O=C1CCCC1C1CCCN1C(=O)c1csnn1. The Hall–Kier alpha value is -1.30. The van der Waals surface area contributed by atoms with E-state index in [2.05, 4.69) is 9.59 Å². The summed E-state index contributed by atoms with van der Waals surface area (Å²) in [6.45, 7) is 0.741. The van der Waals surface area contributed by atoms with Gasteiger partial charge in [-0.25, -0.2) is 0 Å². The Kier molecular flexibility index (Phi) is 3.11. The van der Waals surface area contributed by atoms with Crippen molar-refractivity contribution in [2.45, 2.75) is 38.1 Å². The average Bonchev–Trinajstić information content (AvgIpc) is 3.09. The van der Waals surface area contributed by atoms with E-state index in [-0.39, 0.29) is 17.9 Å². The molecule has 0 aromatic carbocycles. The van der Waals surface area contributed by atoms with E-state index in [9.17, 15) is 9.59 Å². The summed E-state index contributed by atoms with van der Waals surface area (Å²) in [5.41, 5.74) is 0.414. The number of aromatic nitrogens is 2. The van der Waals surface area contributed by atoms with E-state index in [4.69, 9.17) is 0 Å². The maximum Gasteiger partial charge on any atom is 0.275 e. The Morgan fingerprint density at radius 2 is 2.28 bits per heavy atom. The van der Waals surface area contributed by atoms with Crippen molar-refractivity contribution in [3.8, 4) is 0 Å². The minimum Gasteiger partial charge on any atom is -0.334 e. The molecule has 2 unspecified atom stereocenters. The van der Waals surface area contributed by atoms with Crippen molar-refractivity contribution in [3.63, 3.8) is 0 Å². The molecule has 0 spiro atoms. The highest BCUT2D eigenvalue weighted by Crippen LogP contribution is 2.33. The van der Waals surface area contributed by atoms with Crippen molar-refractivity contribution < 1.29 is 9.59 Å². The molecule has 0 bridgehead atoms. The molecule has 96 valence electrons. The molecule has 1 aromatic heterocycles. The highest BCUT2D eigenvalue weighted by molar-refractivity contribution is 7.03. The van der Waals surface area contributed by atoms with E-state index >= 15 is 0 Å². The molecule has 1 aliphatic carbocycles. The lowest BCUT2D eigenvalue weighted by atomic mass is 9.95. The quantitative estimate of drug-likeness (QED) is 0.813. The van der Waals surface area contributed by atoms with Gasteiger partial charge in [0.05, 0.1) is 0 Å². The van der Waals surface area contributed by atoms with Crippen LogP contribution in [0.4, 0.5) is 0 Å². The predicted octanol–water partition coefficient (Wildman–Crippen LogP) is 1.51. The first-order valence-corrected chi connectivity index (χ1v) is 7.22. The summed E-state index contributed by atoms with van der Waals surface area (Å²) in [4.78, 5) is 26.0. The molecule has 5 nitrogen and oxygen atoms in total. The zero-order valence-electron chi connectivity index (χ0n) is 10.0. The van der Waals surface area contributed by atoms with Crippen LogP contribution >= 0.6 is 11.5 Å². The van der Waals surface area contributed by atoms with Crippen LogP contribution in [0.25, 0.3) is 0 Å². The van der Waals surface area contributed by atoms with Gasteiger partial charge in [0.1, 0.15) is 5.78 Å². The van der Waals surface area contributed by atoms with Gasteiger partial charge in [0.2, 0.25) is 0 Å². The Labute approximate surface area is 109 Å². The fourth-order valence-electron chi connectivity index (χ4n) is 3.12. The van der Waals surface area contributed by atoms with Gasteiger partial charge in [-0.3, -0.25) is 9.59 Å². The van der Waals surface area contributed by atoms with Crippen LogP contribution in [-0.2, 0) is 4.79 Å². The van der Waals surface area contributed by atoms with Crippen LogP contribution in [0.15, 0.2) is 5.38 Å². The second-order valence-electron chi connectivity index (χ2n) is 4.96. The summed E-state index contributed by atoms with van der Waals surface area (Å²) < 4.78 is 3.73. The van der Waals surface area contributed by atoms with Crippen LogP contribution in [0.5, 0.6) is 0 Å². The van der Waals surface area contributed by atoms with E-state index in [1.54, 1.807) is 5.38 Å². The molecule has 1 saturated heterocycles. The first-order valence-electron chi connectivity index (χ1n) is 6.38. The third kappa shape index (κ3) is 1.94. The summed E-state index contributed by atoms with van der Waals surface area (Å²) in [5, 5.41) is 5.51. The average molecular weight is 265 g/mol. The summed E-state index contributed by atoms with van der Waals surface area (Å²) in [7, 11) is 0. The highest BCUT2D eigenvalue weighted by atomic mass is 32.1. The van der Waals surface area contributed by atoms with Crippen molar-refractivity contribution in [1.82, 2.24) is 14.5 Å². The van der Waals surface area contributed by atoms with Crippen molar-refractivity contribution in [2.24, 2.45) is 5.92 Å². The van der Waals surface area contributed by atoms with Crippen LogP contribution in [0, 0.1) is 5.92 Å². The number of hydrogen-bond acceptors (Lipinski definition) is 5. The minimum atomic E-state index is -0.0639. The minimum absolute atomic E-state index is 0.0584. The fraction of sp³-hybridized carbons (Fsp3) is 0.667. The van der Waals surface area contributed by atoms with Gasteiger partial charge >= 0.3 is 0 Å². The number of ketones is 1. The second kappa shape index (κ2) is 4.76. The molecule has 0 N–H and O–H groups in total. The molecular formula is C12H15N3O2S. The van der Waals surface area contributed by atoms with E-state index in [0.717, 1.165) is 32.2 Å². The highest BCUT2D eigenvalue weighted by Gasteiger charge is 2.40. The van der Waals surface area contributed by atoms with Gasteiger partial charge in [0.15, 0.2) is 5.69 Å². The molecule has 2 fully saturated rings. The number of nitrogens with zero attached hydrogens (tertiary/aromatic N) is 3. The number of Topliss-reactive ketones (excluding diaryl/α,β-unsaturated/α-hetero) is 1. The van der Waals surface area contributed by atoms with E-state index in [0.29, 0.717) is 17.9 Å². The Balaban J connectivity index is 1.79. The van der Waals surface area contributed by atoms with Gasteiger partial charge in [0.25, 0.3) is 5.91 Å². The molecule has 3 rings (SSSR count). The standard InChI is InChI=1S/C12H15N3O2S/c16-11-5-1-3-8(11)10-4-2-6-15(10)12(17)9-7-18-14-13-9/h7-8,10H,1-6H2. The number of amides is 1. The smallest absolute Gasteiger partial charge is 0.275 e. The maximum absolute atomic E-state index is 12.3. The molecule has 1 aliphatic heterocycles. The lowest BCUT2D eigenvalue weighted by Gasteiger charge is -2.27. The molecule has 1 aromatic rings. The molecule has 6 heteroatoms. The molecule has 2 aliphatic rings. The Bertz CT molecular complexity index is 460. The normalized spacial score (nSPS) is 28.0. The summed E-state index contributed by atoms with van der Waals surface area (Å²) in [6, 6.07) is 0.0919. The molecule has 1 saturated carbocycles. The van der Waals surface area contributed by atoms with Gasteiger partial charge in [-0.05, 0) is 37.2 Å². The number of likely N-dealkylation sites (tertiary alicyclic amines) is 1. The molecule has 0 radical (unpaired) electrons. The predicted molar refractivity (Wildman–Crippen MR) is 66.3 cm³/mol. The van der Waals surface area contributed by atoms with Crippen LogP contribution in [0.3, 0.4) is 0 Å². The maximum atomic E-state index is 12.3. The van der Waals surface area contributed by atoms with Crippen LogP contribution in [0.2, 0.25) is 0 Å². The second-order valence-corrected chi connectivity index (χ2v) is 5.57. The van der Waals surface area contributed by atoms with Gasteiger partial charge in [-0.2, -0.15) is 0 Å². The molecule has 2 atom stereocenters. The Morgan fingerprint density at radius 1 is 1.39 bits per heavy atom. The Morgan fingerprint density at radius 3 is 2.94 bits per heavy atom. The van der Waals surface area contributed by atoms with Crippen LogP contribution in [0.1, 0.15) is 42.6 Å². The molecule has 18 heavy (non-hydrogen) atoms. The summed E-state index contributed by atoms with van der Waals surface area (Å²) in [6.07, 6.45) is 4.52. The van der Waals surface area contributed by atoms with Crippen LogP contribution in [-0.4, -0.2) is 38.8 Å². The number of carbonyl (C=O) groups is 2. The van der Waals surface area contributed by atoms with Gasteiger partial charge in [-0.15, -0.1) is 5.10 Å². The monoisotopic (exact) mass is 265 g/mol. The fourth-order valence-corrected chi connectivity index (χ4v) is 3.55. The lowest BCUT2D eigenvalue weighted by molar-refractivity contribution is -0.121. The van der Waals surface area contributed by atoms with Crippen LogP contribution < -0.4 is 0 Å². The van der Waals surface area contributed by atoms with Gasteiger partial charge in [0, 0.05) is 30.3 Å². The zero-order valence-corrected chi connectivity index (χ0v) is 10.9. The van der Waals surface area contributed by atoms with Crippen molar-refractivity contribution in [1.29, 1.82) is 0 Å². The summed E-state index contributed by atoms with van der Waals surface area (Å²) in [5.74, 6) is 0.324. The van der Waals surface area contributed by atoms with Crippen molar-refractivity contribution >= 4 is 23.2 Å². The number of carbonyl (C=O) groups excluding carboxylic acids is 2. The van der Waals surface area contributed by atoms with Crippen molar-refractivity contribution in [2.75, 3.05) is 6.54 Å².